The quantitative estimate of drug-likeness (QED) is 0.703. The number of nitrogens with zero attached hydrogens (tertiary/aromatic N) is 2. The molecule has 0 aliphatic rings. The third-order valence-electron chi connectivity index (χ3n) is 3.52. The third-order valence-corrected chi connectivity index (χ3v) is 3.52. The van der Waals surface area contributed by atoms with Gasteiger partial charge in [-0.1, -0.05) is 12.1 Å². The van der Waals surface area contributed by atoms with Crippen LogP contribution in [0.3, 0.4) is 0 Å². The normalized spacial score (nSPS) is 10.3. The SMILES string of the molecule is COc1ccc(CCNc2nccc(Oc3ccc(F)cc3)n2)cc1. The summed E-state index contributed by atoms with van der Waals surface area (Å²) >= 11 is 0. The second kappa shape index (κ2) is 8.10. The number of hydrogen-bond donors (Lipinski definition) is 1. The Labute approximate surface area is 145 Å². The molecule has 128 valence electrons. The van der Waals surface area contributed by atoms with E-state index in [1.807, 2.05) is 24.3 Å². The average Bonchev–Trinajstić information content (AvgIpc) is 2.65. The van der Waals surface area contributed by atoms with E-state index < -0.39 is 0 Å². The molecule has 0 saturated heterocycles. The Morgan fingerprint density at radius 1 is 0.960 bits per heavy atom. The molecule has 0 radical (unpaired) electrons. The van der Waals surface area contributed by atoms with Crippen LogP contribution in [-0.4, -0.2) is 23.6 Å². The Bertz CT molecular complexity index is 808. The van der Waals surface area contributed by atoms with Crippen molar-refractivity contribution in [3.63, 3.8) is 0 Å². The lowest BCUT2D eigenvalue weighted by Gasteiger charge is -2.08. The van der Waals surface area contributed by atoms with Crippen molar-refractivity contribution in [3.05, 3.63) is 72.2 Å². The molecule has 0 fully saturated rings. The number of rotatable bonds is 7. The molecule has 6 heteroatoms. The topological polar surface area (TPSA) is 56.3 Å². The van der Waals surface area contributed by atoms with Crippen molar-refractivity contribution < 1.29 is 13.9 Å². The fourth-order valence-electron chi connectivity index (χ4n) is 2.22. The summed E-state index contributed by atoms with van der Waals surface area (Å²) in [5, 5.41) is 3.16. The summed E-state index contributed by atoms with van der Waals surface area (Å²) in [5.74, 6) is 1.92. The minimum atomic E-state index is -0.309. The molecule has 0 amide bonds. The Hall–Kier alpha value is -3.15. The largest absolute Gasteiger partial charge is 0.497 e. The van der Waals surface area contributed by atoms with Gasteiger partial charge in [-0.15, -0.1) is 0 Å². The molecule has 1 aromatic heterocycles. The molecule has 2 aromatic carbocycles. The lowest BCUT2D eigenvalue weighted by atomic mass is 10.1. The van der Waals surface area contributed by atoms with Crippen molar-refractivity contribution in [2.45, 2.75) is 6.42 Å². The van der Waals surface area contributed by atoms with Crippen LogP contribution in [0.4, 0.5) is 10.3 Å². The molecule has 1 heterocycles. The van der Waals surface area contributed by atoms with Crippen LogP contribution in [0.1, 0.15) is 5.56 Å². The van der Waals surface area contributed by atoms with Gasteiger partial charge in [0.05, 0.1) is 7.11 Å². The minimum Gasteiger partial charge on any atom is -0.497 e. The van der Waals surface area contributed by atoms with Crippen LogP contribution >= 0.6 is 0 Å². The highest BCUT2D eigenvalue weighted by Crippen LogP contribution is 2.20. The first-order valence-corrected chi connectivity index (χ1v) is 7.86. The zero-order valence-corrected chi connectivity index (χ0v) is 13.8. The Balaban J connectivity index is 1.55. The number of ether oxygens (including phenoxy) is 2. The predicted molar refractivity (Wildman–Crippen MR) is 93.7 cm³/mol. The second-order valence-electron chi connectivity index (χ2n) is 5.30. The van der Waals surface area contributed by atoms with Crippen LogP contribution in [0, 0.1) is 5.82 Å². The first-order chi connectivity index (χ1) is 12.2. The molecule has 0 aliphatic carbocycles. The van der Waals surface area contributed by atoms with E-state index in [1.165, 1.54) is 17.7 Å². The molecule has 25 heavy (non-hydrogen) atoms. The average molecular weight is 339 g/mol. The summed E-state index contributed by atoms with van der Waals surface area (Å²) in [6, 6.07) is 15.3. The highest BCUT2D eigenvalue weighted by Gasteiger charge is 2.03. The van der Waals surface area contributed by atoms with Gasteiger partial charge in [0.25, 0.3) is 0 Å². The van der Waals surface area contributed by atoms with Crippen molar-refractivity contribution in [2.24, 2.45) is 0 Å². The van der Waals surface area contributed by atoms with E-state index >= 15 is 0 Å². The van der Waals surface area contributed by atoms with Crippen molar-refractivity contribution in [1.82, 2.24) is 9.97 Å². The van der Waals surface area contributed by atoms with Crippen molar-refractivity contribution in [3.8, 4) is 17.4 Å². The number of methoxy groups -OCH3 is 1. The summed E-state index contributed by atoms with van der Waals surface area (Å²) in [6.07, 6.45) is 2.44. The number of benzene rings is 2. The highest BCUT2D eigenvalue weighted by atomic mass is 19.1. The zero-order chi connectivity index (χ0) is 17.5. The molecule has 0 saturated carbocycles. The summed E-state index contributed by atoms with van der Waals surface area (Å²) < 4.78 is 23.6. The molecule has 5 nitrogen and oxygen atoms in total. The smallest absolute Gasteiger partial charge is 0.225 e. The van der Waals surface area contributed by atoms with E-state index in [1.54, 1.807) is 31.5 Å². The predicted octanol–water partition coefficient (Wildman–Crippen LogP) is 4.07. The van der Waals surface area contributed by atoms with E-state index in [0.29, 0.717) is 24.1 Å². The lowest BCUT2D eigenvalue weighted by Crippen LogP contribution is -2.08. The van der Waals surface area contributed by atoms with E-state index in [9.17, 15) is 4.39 Å². The summed E-state index contributed by atoms with van der Waals surface area (Å²) in [4.78, 5) is 8.46. The van der Waals surface area contributed by atoms with Crippen LogP contribution < -0.4 is 14.8 Å². The van der Waals surface area contributed by atoms with E-state index in [-0.39, 0.29) is 5.82 Å². The van der Waals surface area contributed by atoms with Crippen molar-refractivity contribution in [2.75, 3.05) is 19.0 Å². The lowest BCUT2D eigenvalue weighted by molar-refractivity contribution is 0.414. The van der Waals surface area contributed by atoms with Gasteiger partial charge in [-0.2, -0.15) is 4.98 Å². The molecule has 1 N–H and O–H groups in total. The first-order valence-electron chi connectivity index (χ1n) is 7.86. The number of anilines is 1. The fourth-order valence-corrected chi connectivity index (χ4v) is 2.22. The minimum absolute atomic E-state index is 0.309. The maximum atomic E-state index is 12.9. The van der Waals surface area contributed by atoms with Gasteiger partial charge in [-0.25, -0.2) is 9.37 Å². The maximum absolute atomic E-state index is 12.9. The van der Waals surface area contributed by atoms with Gasteiger partial charge < -0.3 is 14.8 Å². The Morgan fingerprint density at radius 2 is 1.68 bits per heavy atom. The maximum Gasteiger partial charge on any atom is 0.225 e. The molecular weight excluding hydrogens is 321 g/mol. The third kappa shape index (κ3) is 4.91. The number of nitrogens with one attached hydrogen (secondary N) is 1. The van der Waals surface area contributed by atoms with Crippen LogP contribution in [0.15, 0.2) is 60.8 Å². The summed E-state index contributed by atoms with van der Waals surface area (Å²) in [6.45, 7) is 0.687. The van der Waals surface area contributed by atoms with Gasteiger partial charge in [0.15, 0.2) is 0 Å². The number of aromatic nitrogens is 2. The van der Waals surface area contributed by atoms with Crippen LogP contribution in [0.2, 0.25) is 0 Å². The van der Waals surface area contributed by atoms with Crippen molar-refractivity contribution >= 4 is 5.95 Å². The summed E-state index contributed by atoms with van der Waals surface area (Å²) in [7, 11) is 1.65. The molecule has 0 unspecified atom stereocenters. The van der Waals surface area contributed by atoms with Gasteiger partial charge >= 0.3 is 0 Å². The molecule has 0 aliphatic heterocycles. The standard InChI is InChI=1S/C19H18FN3O2/c1-24-16-6-2-14(3-7-16)10-12-21-19-22-13-11-18(23-19)25-17-8-4-15(20)5-9-17/h2-9,11,13H,10,12H2,1H3,(H,21,22,23). The summed E-state index contributed by atoms with van der Waals surface area (Å²) in [5.41, 5.74) is 1.19. The Morgan fingerprint density at radius 3 is 2.40 bits per heavy atom. The highest BCUT2D eigenvalue weighted by molar-refractivity contribution is 5.32. The van der Waals surface area contributed by atoms with E-state index in [0.717, 1.165) is 12.2 Å². The molecule has 3 rings (SSSR count). The zero-order valence-electron chi connectivity index (χ0n) is 13.8. The van der Waals surface area contributed by atoms with Gasteiger partial charge in [-0.05, 0) is 48.4 Å². The van der Waals surface area contributed by atoms with E-state index in [4.69, 9.17) is 9.47 Å². The van der Waals surface area contributed by atoms with Crippen LogP contribution in [0.5, 0.6) is 17.4 Å². The molecule has 3 aromatic rings. The van der Waals surface area contributed by atoms with Crippen molar-refractivity contribution in [1.29, 1.82) is 0 Å². The van der Waals surface area contributed by atoms with Crippen LogP contribution in [-0.2, 0) is 6.42 Å². The molecule has 0 bridgehead atoms. The van der Waals surface area contributed by atoms with Gasteiger partial charge in [0, 0.05) is 18.8 Å². The van der Waals surface area contributed by atoms with Gasteiger partial charge in [-0.3, -0.25) is 0 Å². The van der Waals surface area contributed by atoms with Gasteiger partial charge in [0.1, 0.15) is 17.3 Å². The number of hydrogen-bond acceptors (Lipinski definition) is 5. The number of halogens is 1. The van der Waals surface area contributed by atoms with E-state index in [2.05, 4.69) is 15.3 Å². The fraction of sp³-hybridized carbons (Fsp3) is 0.158. The van der Waals surface area contributed by atoms with Crippen LogP contribution in [0.25, 0.3) is 0 Å². The Kier molecular flexibility index (Phi) is 5.41. The second-order valence-corrected chi connectivity index (χ2v) is 5.30. The van der Waals surface area contributed by atoms with Gasteiger partial charge in [0.2, 0.25) is 11.8 Å². The molecule has 0 spiro atoms. The molecular formula is C19H18FN3O2. The first kappa shape index (κ1) is 16.7. The monoisotopic (exact) mass is 339 g/mol. The molecule has 0 atom stereocenters.